The summed E-state index contributed by atoms with van der Waals surface area (Å²) in [6, 6.07) is 18.9. The molecule has 0 bridgehead atoms. The number of nitrogens with zero attached hydrogens (tertiary/aromatic N) is 1. The molecule has 0 radical (unpaired) electrons. The molecule has 0 saturated heterocycles. The van der Waals surface area contributed by atoms with Gasteiger partial charge in [-0.25, -0.2) is 4.98 Å². The molecule has 2 aromatic carbocycles. The van der Waals surface area contributed by atoms with Crippen LogP contribution < -0.4 is 5.32 Å². The molecule has 3 aromatic rings. The second kappa shape index (κ2) is 4.90. The molecule has 1 N–H and O–H groups in total. The number of rotatable bonds is 2. The average Bonchev–Trinajstić information content (AvgIpc) is 2.47. The predicted molar refractivity (Wildman–Crippen MR) is 76.1 cm³/mol. The minimum atomic E-state index is -0.143. The van der Waals surface area contributed by atoms with Crippen LogP contribution in [0.4, 0.5) is 5.82 Å². The fraction of sp³-hybridized carbons (Fsp3) is 0. The summed E-state index contributed by atoms with van der Waals surface area (Å²) in [5, 5.41) is 4.80. The zero-order chi connectivity index (χ0) is 13.1. The highest BCUT2D eigenvalue weighted by molar-refractivity contribution is 6.12. The summed E-state index contributed by atoms with van der Waals surface area (Å²) in [5.74, 6) is 0.413. The number of benzene rings is 2. The van der Waals surface area contributed by atoms with E-state index in [-0.39, 0.29) is 5.91 Å². The van der Waals surface area contributed by atoms with Gasteiger partial charge in [-0.2, -0.15) is 0 Å². The van der Waals surface area contributed by atoms with Gasteiger partial charge >= 0.3 is 0 Å². The van der Waals surface area contributed by atoms with Crippen molar-refractivity contribution in [2.24, 2.45) is 0 Å². The third-order valence-corrected chi connectivity index (χ3v) is 2.94. The van der Waals surface area contributed by atoms with Crippen LogP contribution in [0.2, 0.25) is 0 Å². The highest BCUT2D eigenvalue weighted by Crippen LogP contribution is 2.19. The fourth-order valence-corrected chi connectivity index (χ4v) is 2.04. The number of hydrogen-bond donors (Lipinski definition) is 1. The number of aromatic nitrogens is 1. The van der Waals surface area contributed by atoms with Crippen LogP contribution in [0.5, 0.6) is 0 Å². The van der Waals surface area contributed by atoms with Crippen molar-refractivity contribution in [3.63, 3.8) is 0 Å². The average molecular weight is 248 g/mol. The Kier molecular flexibility index (Phi) is 2.94. The van der Waals surface area contributed by atoms with Crippen molar-refractivity contribution in [3.8, 4) is 0 Å². The predicted octanol–water partition coefficient (Wildman–Crippen LogP) is 3.49. The lowest BCUT2D eigenvalue weighted by Gasteiger charge is -2.07. The van der Waals surface area contributed by atoms with Gasteiger partial charge in [0.15, 0.2) is 0 Å². The molecule has 3 heteroatoms. The molecule has 19 heavy (non-hydrogen) atoms. The van der Waals surface area contributed by atoms with Crippen molar-refractivity contribution in [1.29, 1.82) is 0 Å². The molecule has 0 atom stereocenters. The second-order valence-electron chi connectivity index (χ2n) is 4.20. The fourth-order valence-electron chi connectivity index (χ4n) is 2.04. The van der Waals surface area contributed by atoms with Gasteiger partial charge in [0.1, 0.15) is 5.82 Å². The maximum absolute atomic E-state index is 12.3. The number of hydrogen-bond acceptors (Lipinski definition) is 2. The van der Waals surface area contributed by atoms with Crippen LogP contribution in [0.25, 0.3) is 10.8 Å². The number of carbonyl (C=O) groups excluding carboxylic acids is 1. The Morgan fingerprint density at radius 1 is 0.895 bits per heavy atom. The molecule has 92 valence electrons. The van der Waals surface area contributed by atoms with Crippen LogP contribution in [-0.2, 0) is 0 Å². The Labute approximate surface area is 110 Å². The van der Waals surface area contributed by atoms with E-state index in [4.69, 9.17) is 0 Å². The van der Waals surface area contributed by atoms with Crippen LogP contribution in [-0.4, -0.2) is 10.9 Å². The molecule has 1 amide bonds. The summed E-state index contributed by atoms with van der Waals surface area (Å²) >= 11 is 0. The Morgan fingerprint density at radius 2 is 1.68 bits per heavy atom. The molecule has 3 nitrogen and oxygen atoms in total. The molecule has 3 rings (SSSR count). The van der Waals surface area contributed by atoms with Crippen molar-refractivity contribution in [1.82, 2.24) is 4.98 Å². The van der Waals surface area contributed by atoms with E-state index in [1.54, 1.807) is 12.3 Å². The van der Waals surface area contributed by atoms with Crippen LogP contribution in [0, 0.1) is 0 Å². The quantitative estimate of drug-likeness (QED) is 0.754. The Bertz CT molecular complexity index is 718. The second-order valence-corrected chi connectivity index (χ2v) is 4.20. The summed E-state index contributed by atoms with van der Waals surface area (Å²) < 4.78 is 0. The molecular formula is C16H12N2O. The third-order valence-electron chi connectivity index (χ3n) is 2.94. The van der Waals surface area contributed by atoms with E-state index >= 15 is 0 Å². The molecule has 0 aliphatic rings. The van der Waals surface area contributed by atoms with Crippen molar-refractivity contribution < 1.29 is 4.79 Å². The normalized spacial score (nSPS) is 10.3. The number of amides is 1. The number of pyridine rings is 1. The van der Waals surface area contributed by atoms with Crippen LogP contribution in [0.15, 0.2) is 66.9 Å². The molecule has 0 unspecified atom stereocenters. The van der Waals surface area contributed by atoms with Gasteiger partial charge in [0.05, 0.1) is 0 Å². The lowest BCUT2D eigenvalue weighted by molar-refractivity contribution is 0.102. The highest BCUT2D eigenvalue weighted by atomic mass is 16.1. The third kappa shape index (κ3) is 2.31. The smallest absolute Gasteiger partial charge is 0.257 e. The first kappa shape index (κ1) is 11.4. The molecule has 0 spiro atoms. The molecule has 0 aliphatic carbocycles. The van der Waals surface area contributed by atoms with Gasteiger partial charge in [-0.3, -0.25) is 4.79 Å². The molecule has 0 saturated carbocycles. The van der Waals surface area contributed by atoms with E-state index < -0.39 is 0 Å². The first-order valence-electron chi connectivity index (χ1n) is 6.05. The van der Waals surface area contributed by atoms with E-state index in [2.05, 4.69) is 10.3 Å². The Balaban J connectivity index is 1.98. The molecular weight excluding hydrogens is 236 g/mol. The Hall–Kier alpha value is -2.68. The lowest BCUT2D eigenvalue weighted by atomic mass is 10.0. The standard InChI is InChI=1S/C16H12N2O/c19-16(18-15-10-3-4-11-17-15)14-9-5-7-12-6-1-2-8-13(12)14/h1-11H,(H,17,18,19). The van der Waals surface area contributed by atoms with E-state index in [0.717, 1.165) is 10.8 Å². The number of fused-ring (bicyclic) bond motifs is 1. The summed E-state index contributed by atoms with van der Waals surface area (Å²) in [4.78, 5) is 16.4. The van der Waals surface area contributed by atoms with E-state index in [0.29, 0.717) is 11.4 Å². The van der Waals surface area contributed by atoms with Gasteiger partial charge in [-0.05, 0) is 29.0 Å². The summed E-state index contributed by atoms with van der Waals surface area (Å²) in [6.07, 6.45) is 1.65. The summed E-state index contributed by atoms with van der Waals surface area (Å²) in [6.45, 7) is 0. The van der Waals surface area contributed by atoms with Crippen molar-refractivity contribution in [2.75, 3.05) is 5.32 Å². The zero-order valence-corrected chi connectivity index (χ0v) is 10.2. The van der Waals surface area contributed by atoms with Crippen molar-refractivity contribution in [2.45, 2.75) is 0 Å². The van der Waals surface area contributed by atoms with Crippen LogP contribution >= 0.6 is 0 Å². The number of nitrogens with one attached hydrogen (secondary N) is 1. The van der Waals surface area contributed by atoms with Gasteiger partial charge in [-0.15, -0.1) is 0 Å². The maximum atomic E-state index is 12.3. The van der Waals surface area contributed by atoms with Gasteiger partial charge in [-0.1, -0.05) is 42.5 Å². The first-order chi connectivity index (χ1) is 9.34. The van der Waals surface area contributed by atoms with Gasteiger partial charge in [0.25, 0.3) is 5.91 Å². The summed E-state index contributed by atoms with van der Waals surface area (Å²) in [5.41, 5.74) is 0.656. The number of anilines is 1. The summed E-state index contributed by atoms with van der Waals surface area (Å²) in [7, 11) is 0. The largest absolute Gasteiger partial charge is 0.307 e. The van der Waals surface area contributed by atoms with Crippen molar-refractivity contribution in [3.05, 3.63) is 72.4 Å². The highest BCUT2D eigenvalue weighted by Gasteiger charge is 2.09. The molecule has 1 heterocycles. The van der Waals surface area contributed by atoms with E-state index in [1.165, 1.54) is 0 Å². The van der Waals surface area contributed by atoms with Gasteiger partial charge in [0, 0.05) is 11.8 Å². The minimum Gasteiger partial charge on any atom is -0.307 e. The van der Waals surface area contributed by atoms with Crippen molar-refractivity contribution >= 4 is 22.5 Å². The maximum Gasteiger partial charge on any atom is 0.257 e. The minimum absolute atomic E-state index is 0.143. The van der Waals surface area contributed by atoms with Gasteiger partial charge in [0.2, 0.25) is 0 Å². The SMILES string of the molecule is O=C(Nc1ccccn1)c1cccc2ccccc12. The lowest BCUT2D eigenvalue weighted by Crippen LogP contribution is -2.13. The molecule has 1 aromatic heterocycles. The number of carbonyl (C=O) groups is 1. The van der Waals surface area contributed by atoms with E-state index in [1.807, 2.05) is 54.6 Å². The van der Waals surface area contributed by atoms with Gasteiger partial charge < -0.3 is 5.32 Å². The van der Waals surface area contributed by atoms with E-state index in [9.17, 15) is 4.79 Å². The zero-order valence-electron chi connectivity index (χ0n) is 10.2. The topological polar surface area (TPSA) is 42.0 Å². The molecule has 0 fully saturated rings. The molecule has 0 aliphatic heterocycles. The Morgan fingerprint density at radius 3 is 2.53 bits per heavy atom. The first-order valence-corrected chi connectivity index (χ1v) is 6.05. The van der Waals surface area contributed by atoms with Crippen LogP contribution in [0.3, 0.4) is 0 Å². The monoisotopic (exact) mass is 248 g/mol. The van der Waals surface area contributed by atoms with Crippen LogP contribution in [0.1, 0.15) is 10.4 Å².